The summed E-state index contributed by atoms with van der Waals surface area (Å²) in [6.45, 7) is 6.91. The van der Waals surface area contributed by atoms with Crippen molar-refractivity contribution in [1.82, 2.24) is 20.4 Å². The van der Waals surface area contributed by atoms with E-state index >= 15 is 0 Å². The van der Waals surface area contributed by atoms with Crippen molar-refractivity contribution < 1.29 is 4.79 Å². The van der Waals surface area contributed by atoms with Gasteiger partial charge in [-0.2, -0.15) is 5.10 Å². The van der Waals surface area contributed by atoms with E-state index in [1.807, 2.05) is 18.7 Å². The molecule has 0 radical (unpaired) electrons. The summed E-state index contributed by atoms with van der Waals surface area (Å²) in [6.07, 6.45) is 2.00. The van der Waals surface area contributed by atoms with Gasteiger partial charge in [-0.15, -0.1) is 0 Å². The molecule has 8 heteroatoms. The molecule has 1 heterocycles. The number of carbonyl (C=O) groups is 1. The van der Waals surface area contributed by atoms with Crippen molar-refractivity contribution >= 4 is 29.2 Å². The van der Waals surface area contributed by atoms with Crippen LogP contribution in [-0.2, 0) is 18.3 Å². The lowest BCUT2D eigenvalue weighted by atomic mass is 10.1. The molecule has 0 aliphatic rings. The predicted octanol–water partition coefficient (Wildman–Crippen LogP) is 3.21. The molecule has 1 aromatic heterocycles. The number of nitrogens with one attached hydrogen (secondary N) is 3. The predicted molar refractivity (Wildman–Crippen MR) is 120 cm³/mol. The average Bonchev–Trinajstić information content (AvgIpc) is 2.92. The van der Waals surface area contributed by atoms with Crippen LogP contribution >= 0.6 is 11.6 Å². The van der Waals surface area contributed by atoms with E-state index in [-0.39, 0.29) is 11.9 Å². The number of aryl methyl sites for hydroxylation is 2. The molecule has 3 N–H and O–H groups in total. The molecule has 2 aromatic rings. The number of nitrogens with zero attached hydrogens (tertiary/aromatic N) is 3. The van der Waals surface area contributed by atoms with Gasteiger partial charge in [-0.05, 0) is 63.4 Å². The third-order valence-electron chi connectivity index (χ3n) is 4.78. The van der Waals surface area contributed by atoms with Crippen LogP contribution in [0.15, 0.2) is 29.3 Å². The van der Waals surface area contributed by atoms with Crippen LogP contribution in [0.5, 0.6) is 0 Å². The van der Waals surface area contributed by atoms with Crippen LogP contribution in [0.4, 0.5) is 5.69 Å². The molecule has 7 nitrogen and oxygen atoms in total. The van der Waals surface area contributed by atoms with Crippen molar-refractivity contribution in [2.45, 2.75) is 46.1 Å². The van der Waals surface area contributed by atoms with Gasteiger partial charge in [0.25, 0.3) is 0 Å². The summed E-state index contributed by atoms with van der Waals surface area (Å²) in [7, 11) is 3.71. The van der Waals surface area contributed by atoms with Crippen molar-refractivity contribution in [2.24, 2.45) is 12.0 Å². The van der Waals surface area contributed by atoms with Gasteiger partial charge in [-0.25, -0.2) is 0 Å². The van der Waals surface area contributed by atoms with Gasteiger partial charge < -0.3 is 16.0 Å². The quantitative estimate of drug-likeness (QED) is 0.349. The van der Waals surface area contributed by atoms with Gasteiger partial charge in [-0.1, -0.05) is 11.6 Å². The van der Waals surface area contributed by atoms with E-state index in [9.17, 15) is 4.79 Å². The summed E-state index contributed by atoms with van der Waals surface area (Å²) in [6, 6.07) is 7.29. The van der Waals surface area contributed by atoms with Crippen LogP contribution in [0, 0.1) is 13.8 Å². The van der Waals surface area contributed by atoms with Crippen LogP contribution in [0.1, 0.15) is 36.7 Å². The van der Waals surface area contributed by atoms with Crippen LogP contribution in [0.3, 0.4) is 0 Å². The number of carbonyl (C=O) groups excluding carboxylic acids is 1. The normalized spacial score (nSPS) is 12.6. The van der Waals surface area contributed by atoms with Crippen LogP contribution in [0.2, 0.25) is 5.02 Å². The number of anilines is 1. The van der Waals surface area contributed by atoms with Gasteiger partial charge in [0.05, 0.1) is 5.69 Å². The Morgan fingerprint density at radius 2 is 1.97 bits per heavy atom. The zero-order chi connectivity index (χ0) is 21.4. The SMILES string of the molecule is CN=C(NCCCC(=O)Nc1ccc(Cl)cc1)NC(C)Cc1c(C)nn(C)c1C. The smallest absolute Gasteiger partial charge is 0.224 e. The maximum absolute atomic E-state index is 12.0. The summed E-state index contributed by atoms with van der Waals surface area (Å²) >= 11 is 5.85. The molecule has 0 aliphatic heterocycles. The van der Waals surface area contributed by atoms with E-state index in [2.05, 4.69) is 39.9 Å². The Balaban J connectivity index is 1.71. The highest BCUT2D eigenvalue weighted by atomic mass is 35.5. The highest BCUT2D eigenvalue weighted by molar-refractivity contribution is 6.30. The minimum Gasteiger partial charge on any atom is -0.356 e. The van der Waals surface area contributed by atoms with Crippen molar-refractivity contribution in [3.8, 4) is 0 Å². The number of halogens is 1. The summed E-state index contributed by atoms with van der Waals surface area (Å²) in [4.78, 5) is 16.3. The molecule has 1 atom stereocenters. The Bertz CT molecular complexity index is 844. The highest BCUT2D eigenvalue weighted by Gasteiger charge is 2.14. The van der Waals surface area contributed by atoms with E-state index < -0.39 is 0 Å². The molecule has 0 bridgehead atoms. The summed E-state index contributed by atoms with van der Waals surface area (Å²) in [5.74, 6) is 0.711. The molecule has 29 heavy (non-hydrogen) atoms. The molecule has 0 saturated carbocycles. The first-order valence-corrected chi connectivity index (χ1v) is 10.2. The number of rotatable bonds is 8. The van der Waals surface area contributed by atoms with Crippen molar-refractivity contribution in [3.63, 3.8) is 0 Å². The van der Waals surface area contributed by atoms with E-state index in [0.29, 0.717) is 24.4 Å². The molecule has 0 aliphatic carbocycles. The first-order chi connectivity index (χ1) is 13.8. The molecule has 1 amide bonds. The number of hydrogen-bond acceptors (Lipinski definition) is 3. The number of aromatic nitrogens is 2. The minimum atomic E-state index is -0.0204. The molecule has 158 valence electrons. The minimum absolute atomic E-state index is 0.0204. The second-order valence-corrected chi connectivity index (χ2v) is 7.62. The topological polar surface area (TPSA) is 83.3 Å². The highest BCUT2D eigenvalue weighted by Crippen LogP contribution is 2.14. The van der Waals surface area contributed by atoms with Gasteiger partial charge in [-0.3, -0.25) is 14.5 Å². The Morgan fingerprint density at radius 3 is 2.55 bits per heavy atom. The van der Waals surface area contributed by atoms with Gasteiger partial charge in [0.2, 0.25) is 5.91 Å². The molecule has 0 spiro atoms. The lowest BCUT2D eigenvalue weighted by molar-refractivity contribution is -0.116. The van der Waals surface area contributed by atoms with Crippen LogP contribution in [0.25, 0.3) is 0 Å². The molecule has 0 fully saturated rings. The maximum atomic E-state index is 12.0. The van der Waals surface area contributed by atoms with Gasteiger partial charge in [0.1, 0.15) is 0 Å². The molecule has 1 unspecified atom stereocenters. The van der Waals surface area contributed by atoms with Crippen molar-refractivity contribution in [1.29, 1.82) is 0 Å². The summed E-state index contributed by atoms with van der Waals surface area (Å²) in [5, 5.41) is 14.7. The maximum Gasteiger partial charge on any atom is 0.224 e. The van der Waals surface area contributed by atoms with Gasteiger partial charge in [0.15, 0.2) is 5.96 Å². The van der Waals surface area contributed by atoms with E-state index in [0.717, 1.165) is 23.8 Å². The Hall–Kier alpha value is -2.54. The van der Waals surface area contributed by atoms with Crippen LogP contribution in [-0.4, -0.2) is 41.3 Å². The van der Waals surface area contributed by atoms with Gasteiger partial charge in [0, 0.05) is 49.5 Å². The fourth-order valence-corrected chi connectivity index (χ4v) is 3.24. The molecule has 2 rings (SSSR count). The molecular weight excluding hydrogens is 388 g/mol. The lowest BCUT2D eigenvalue weighted by Crippen LogP contribution is -2.43. The fraction of sp³-hybridized carbons (Fsp3) is 0.476. The molecular formula is C21H31ClN6O. The number of benzene rings is 1. The third-order valence-corrected chi connectivity index (χ3v) is 5.03. The van der Waals surface area contributed by atoms with E-state index in [1.54, 1.807) is 31.3 Å². The molecule has 1 aromatic carbocycles. The van der Waals surface area contributed by atoms with Crippen molar-refractivity contribution in [3.05, 3.63) is 46.2 Å². The first kappa shape index (κ1) is 22.7. The van der Waals surface area contributed by atoms with Gasteiger partial charge >= 0.3 is 0 Å². The monoisotopic (exact) mass is 418 g/mol. The number of guanidine groups is 1. The largest absolute Gasteiger partial charge is 0.356 e. The fourth-order valence-electron chi connectivity index (χ4n) is 3.11. The lowest BCUT2D eigenvalue weighted by Gasteiger charge is -2.18. The average molecular weight is 419 g/mol. The Kier molecular flexibility index (Phi) is 8.51. The number of aliphatic imine (C=N–C) groups is 1. The second kappa shape index (κ2) is 10.9. The summed E-state index contributed by atoms with van der Waals surface area (Å²) < 4.78 is 1.92. The van der Waals surface area contributed by atoms with E-state index in [4.69, 9.17) is 11.6 Å². The Morgan fingerprint density at radius 1 is 1.28 bits per heavy atom. The van der Waals surface area contributed by atoms with Crippen LogP contribution < -0.4 is 16.0 Å². The Labute approximate surface area is 177 Å². The second-order valence-electron chi connectivity index (χ2n) is 7.18. The number of hydrogen-bond donors (Lipinski definition) is 3. The zero-order valence-electron chi connectivity index (χ0n) is 17.8. The number of amides is 1. The molecule has 0 saturated heterocycles. The summed E-state index contributed by atoms with van der Waals surface area (Å²) in [5.41, 5.74) is 4.26. The van der Waals surface area contributed by atoms with E-state index in [1.165, 1.54) is 11.3 Å². The van der Waals surface area contributed by atoms with Crippen molar-refractivity contribution in [2.75, 3.05) is 18.9 Å². The standard InChI is InChI=1S/C21H31ClN6O/c1-14(13-19-15(2)27-28(5)16(19)3)25-21(23-4)24-12-6-7-20(29)26-18-10-8-17(22)9-11-18/h8-11,14H,6-7,12-13H2,1-5H3,(H,26,29)(H2,23,24,25). The zero-order valence-corrected chi connectivity index (χ0v) is 18.6. The third kappa shape index (κ3) is 7.09. The first-order valence-electron chi connectivity index (χ1n) is 9.81.